The predicted molar refractivity (Wildman–Crippen MR) is 32.5 cm³/mol. The third-order valence-corrected chi connectivity index (χ3v) is 0.586. The van der Waals surface area contributed by atoms with E-state index in [-0.39, 0.29) is 6.54 Å². The predicted octanol–water partition coefficient (Wildman–Crippen LogP) is 1.14. The van der Waals surface area contributed by atoms with Gasteiger partial charge in [-0.15, -0.1) is 0 Å². The van der Waals surface area contributed by atoms with Crippen LogP contribution < -0.4 is 5.73 Å². The molecule has 0 unspecified atom stereocenters. The lowest BCUT2D eigenvalue weighted by Crippen LogP contribution is -2.05. The first-order valence-electron chi connectivity index (χ1n) is 2.40. The van der Waals surface area contributed by atoms with Crippen molar-refractivity contribution < 1.29 is 8.78 Å². The van der Waals surface area contributed by atoms with E-state index in [9.17, 15) is 8.78 Å². The summed E-state index contributed by atoms with van der Waals surface area (Å²) >= 11 is 0. The number of amidine groups is 1. The van der Waals surface area contributed by atoms with Gasteiger partial charge >= 0.3 is 0 Å². The Kier molecular flexibility index (Phi) is 3.59. The number of nitrogens with zero attached hydrogens (tertiary/aromatic N) is 1. The van der Waals surface area contributed by atoms with E-state index in [4.69, 9.17) is 5.73 Å². The Labute approximate surface area is 52.1 Å². The molecule has 0 aromatic carbocycles. The van der Waals surface area contributed by atoms with E-state index < -0.39 is 6.08 Å². The van der Waals surface area contributed by atoms with Crippen molar-refractivity contribution in [2.75, 3.05) is 6.54 Å². The molecule has 0 aromatic rings. The highest BCUT2D eigenvalue weighted by molar-refractivity contribution is 5.77. The topological polar surface area (TPSA) is 38.4 Å². The van der Waals surface area contributed by atoms with Crippen molar-refractivity contribution in [1.82, 2.24) is 0 Å². The highest BCUT2D eigenvalue weighted by atomic mass is 19.3. The normalized spacial score (nSPS) is 11.2. The minimum Gasteiger partial charge on any atom is -0.388 e. The molecular weight excluding hydrogens is 126 g/mol. The van der Waals surface area contributed by atoms with Crippen molar-refractivity contribution in [1.29, 1.82) is 0 Å². The van der Waals surface area contributed by atoms with Gasteiger partial charge in [0.2, 0.25) is 0 Å². The monoisotopic (exact) mass is 134 g/mol. The van der Waals surface area contributed by atoms with Gasteiger partial charge in [-0.25, -0.2) is 0 Å². The Bertz CT molecular complexity index is 116. The van der Waals surface area contributed by atoms with Gasteiger partial charge in [-0.1, -0.05) is 0 Å². The number of aliphatic imine (C=N–C) groups is 1. The summed E-state index contributed by atoms with van der Waals surface area (Å²) in [5.74, 6) is 0.313. The fourth-order valence-electron chi connectivity index (χ4n) is 0.259. The van der Waals surface area contributed by atoms with Gasteiger partial charge in [0, 0.05) is 6.08 Å². The molecule has 0 spiro atoms. The lowest BCUT2D eigenvalue weighted by molar-refractivity contribution is 0.419. The Morgan fingerprint density at radius 3 is 2.56 bits per heavy atom. The van der Waals surface area contributed by atoms with Gasteiger partial charge in [-0.05, 0) is 6.92 Å². The maximum Gasteiger partial charge on any atom is 0.268 e. The van der Waals surface area contributed by atoms with Crippen LogP contribution in [0.2, 0.25) is 0 Å². The molecule has 2 nitrogen and oxygen atoms in total. The van der Waals surface area contributed by atoms with E-state index in [1.165, 1.54) is 0 Å². The molecule has 0 saturated heterocycles. The zero-order chi connectivity index (χ0) is 7.28. The van der Waals surface area contributed by atoms with Crippen molar-refractivity contribution >= 4 is 5.84 Å². The second kappa shape index (κ2) is 4.00. The molecule has 0 aliphatic heterocycles. The zero-order valence-corrected chi connectivity index (χ0v) is 5.06. The number of rotatable bonds is 2. The van der Waals surface area contributed by atoms with Gasteiger partial charge in [0.15, 0.2) is 0 Å². The maximum atomic E-state index is 11.2. The molecule has 0 aromatic heterocycles. The molecule has 0 aliphatic carbocycles. The van der Waals surface area contributed by atoms with E-state index in [1.54, 1.807) is 6.92 Å². The lowest BCUT2D eigenvalue weighted by Gasteiger charge is -1.85. The van der Waals surface area contributed by atoms with Crippen molar-refractivity contribution in [2.45, 2.75) is 6.92 Å². The molecule has 0 rings (SSSR count). The Hall–Kier alpha value is -0.930. The smallest absolute Gasteiger partial charge is 0.268 e. The average molecular weight is 134 g/mol. The maximum absolute atomic E-state index is 11.2. The summed E-state index contributed by atoms with van der Waals surface area (Å²) in [5.41, 5.74) is 5.05. The summed E-state index contributed by atoms with van der Waals surface area (Å²) in [6.45, 7) is 1.51. The first-order chi connectivity index (χ1) is 4.13. The van der Waals surface area contributed by atoms with Gasteiger partial charge < -0.3 is 5.73 Å². The van der Waals surface area contributed by atoms with Crippen LogP contribution in [0.5, 0.6) is 0 Å². The molecule has 9 heavy (non-hydrogen) atoms. The van der Waals surface area contributed by atoms with Crippen LogP contribution in [0.4, 0.5) is 8.78 Å². The largest absolute Gasteiger partial charge is 0.388 e. The summed E-state index contributed by atoms with van der Waals surface area (Å²) in [7, 11) is 0. The van der Waals surface area contributed by atoms with Crippen molar-refractivity contribution in [2.24, 2.45) is 10.7 Å². The summed E-state index contributed by atoms with van der Waals surface area (Å²) in [6, 6.07) is 0. The van der Waals surface area contributed by atoms with E-state index in [0.29, 0.717) is 11.9 Å². The molecule has 52 valence electrons. The first kappa shape index (κ1) is 8.07. The molecule has 0 saturated carbocycles. The molecule has 0 atom stereocenters. The van der Waals surface area contributed by atoms with Crippen LogP contribution in [0.15, 0.2) is 17.1 Å². The number of hydrogen-bond donors (Lipinski definition) is 1. The van der Waals surface area contributed by atoms with Crippen LogP contribution in [0.1, 0.15) is 6.92 Å². The molecule has 4 heteroatoms. The second-order valence-corrected chi connectivity index (χ2v) is 1.48. The summed E-state index contributed by atoms with van der Waals surface area (Å²) in [5, 5.41) is 0. The third kappa shape index (κ3) is 7.07. The highest BCUT2D eigenvalue weighted by Crippen LogP contribution is 1.94. The highest BCUT2D eigenvalue weighted by Gasteiger charge is 1.83. The second-order valence-electron chi connectivity index (χ2n) is 1.48. The number of nitrogens with two attached hydrogens (primary N) is 1. The van der Waals surface area contributed by atoms with Gasteiger partial charge in [0.25, 0.3) is 6.08 Å². The first-order valence-corrected chi connectivity index (χ1v) is 2.40. The molecule has 0 radical (unpaired) electrons. The summed E-state index contributed by atoms with van der Waals surface area (Å²) in [6.07, 6.45) is -1.02. The fourth-order valence-corrected chi connectivity index (χ4v) is 0.259. The van der Waals surface area contributed by atoms with Crippen LogP contribution in [0.3, 0.4) is 0 Å². The number of halogens is 2. The van der Waals surface area contributed by atoms with E-state index in [1.807, 2.05) is 0 Å². The summed E-state index contributed by atoms with van der Waals surface area (Å²) < 4.78 is 22.5. The third-order valence-electron chi connectivity index (χ3n) is 0.586. The van der Waals surface area contributed by atoms with Crippen LogP contribution in [-0.2, 0) is 0 Å². The van der Waals surface area contributed by atoms with Gasteiger partial charge in [-0.3, -0.25) is 4.99 Å². The number of hydrogen-bond acceptors (Lipinski definition) is 1. The minimum atomic E-state index is -1.72. The molecule has 0 heterocycles. The van der Waals surface area contributed by atoms with Gasteiger partial charge in [0.1, 0.15) is 0 Å². The van der Waals surface area contributed by atoms with Crippen LogP contribution in [-0.4, -0.2) is 12.4 Å². The molecular formula is C5H8F2N2. The van der Waals surface area contributed by atoms with Crippen LogP contribution >= 0.6 is 0 Å². The minimum absolute atomic E-state index is 0.0370. The molecule has 0 amide bonds. The molecule has 2 N–H and O–H groups in total. The van der Waals surface area contributed by atoms with Gasteiger partial charge in [0.05, 0.1) is 12.4 Å². The molecule has 0 fully saturated rings. The van der Waals surface area contributed by atoms with Crippen molar-refractivity contribution in [3.8, 4) is 0 Å². The fraction of sp³-hybridized carbons (Fsp3) is 0.400. The Morgan fingerprint density at radius 2 is 2.22 bits per heavy atom. The van der Waals surface area contributed by atoms with Crippen molar-refractivity contribution in [3.05, 3.63) is 12.2 Å². The van der Waals surface area contributed by atoms with E-state index >= 15 is 0 Å². The molecule has 0 bridgehead atoms. The Morgan fingerprint density at radius 1 is 1.67 bits per heavy atom. The van der Waals surface area contributed by atoms with Crippen LogP contribution in [0, 0.1) is 0 Å². The Balaban J connectivity index is 3.53. The van der Waals surface area contributed by atoms with E-state index in [2.05, 4.69) is 4.99 Å². The van der Waals surface area contributed by atoms with Gasteiger partial charge in [-0.2, -0.15) is 8.78 Å². The quantitative estimate of drug-likeness (QED) is 0.446. The van der Waals surface area contributed by atoms with Crippen LogP contribution in [0.25, 0.3) is 0 Å². The van der Waals surface area contributed by atoms with Crippen molar-refractivity contribution in [3.63, 3.8) is 0 Å². The van der Waals surface area contributed by atoms with E-state index in [0.717, 1.165) is 0 Å². The average Bonchev–Trinajstić information content (AvgIpc) is 1.63. The SMILES string of the molecule is CC(N)=NCC=C(F)F. The lowest BCUT2D eigenvalue weighted by atomic mass is 10.6. The zero-order valence-electron chi connectivity index (χ0n) is 5.06. The summed E-state index contributed by atoms with van der Waals surface area (Å²) in [4.78, 5) is 3.50. The standard InChI is InChI=1S/C5H8F2N2/c1-4(8)9-3-2-5(6)7/h2H,3H2,1H3,(H2,8,9). The molecule has 0 aliphatic rings.